The highest BCUT2D eigenvalue weighted by Crippen LogP contribution is 2.46. The Bertz CT molecular complexity index is 474. The molecule has 20 heavy (non-hydrogen) atoms. The number of fused-ring (bicyclic) bond motifs is 1. The first-order chi connectivity index (χ1) is 9.35. The molecule has 0 bridgehead atoms. The average molecular weight is 272 g/mol. The lowest BCUT2D eigenvalue weighted by Crippen LogP contribution is -2.44. The Balaban J connectivity index is 1.73. The minimum Gasteiger partial charge on any atom is -0.306 e. The lowest BCUT2D eigenvalue weighted by atomic mass is 9.63. The van der Waals surface area contributed by atoms with Crippen molar-refractivity contribution in [3.63, 3.8) is 0 Å². The van der Waals surface area contributed by atoms with Gasteiger partial charge in [0.2, 0.25) is 0 Å². The minimum absolute atomic E-state index is 0.449. The van der Waals surface area contributed by atoms with Crippen LogP contribution in [0, 0.1) is 10.8 Å². The number of hydrogen-bond acceptors (Lipinski definition) is 2. The summed E-state index contributed by atoms with van der Waals surface area (Å²) in [5.74, 6) is 0. The van der Waals surface area contributed by atoms with Gasteiger partial charge in [0.1, 0.15) is 0 Å². The van der Waals surface area contributed by atoms with E-state index in [9.17, 15) is 0 Å². The summed E-state index contributed by atoms with van der Waals surface area (Å²) >= 11 is 0. The third kappa shape index (κ3) is 2.90. The number of nitrogens with zero attached hydrogens (tertiary/aromatic N) is 1. The van der Waals surface area contributed by atoms with Crippen LogP contribution in [-0.4, -0.2) is 11.0 Å². The second-order valence-corrected chi connectivity index (χ2v) is 8.42. The number of hydrogen-bond donors (Lipinski definition) is 1. The molecule has 0 aromatic carbocycles. The second-order valence-electron chi connectivity index (χ2n) is 8.42. The van der Waals surface area contributed by atoms with Crippen LogP contribution < -0.4 is 5.32 Å². The SMILES string of the molecule is CC1(C)CC(NC2CCc3cccnc32)CC(C)(C)C1. The average Bonchev–Trinajstić information content (AvgIpc) is 2.69. The lowest BCUT2D eigenvalue weighted by Gasteiger charge is -2.46. The quantitative estimate of drug-likeness (QED) is 0.870. The highest BCUT2D eigenvalue weighted by atomic mass is 15.0. The van der Waals surface area contributed by atoms with Crippen molar-refractivity contribution in [1.29, 1.82) is 0 Å². The predicted octanol–water partition coefficient (Wildman–Crippen LogP) is 4.26. The summed E-state index contributed by atoms with van der Waals surface area (Å²) < 4.78 is 0. The molecule has 2 aliphatic carbocycles. The number of aryl methyl sites for hydroxylation is 1. The molecular weight excluding hydrogens is 244 g/mol. The van der Waals surface area contributed by atoms with Gasteiger partial charge in [-0.15, -0.1) is 0 Å². The minimum atomic E-state index is 0.449. The van der Waals surface area contributed by atoms with E-state index in [2.05, 4.69) is 50.1 Å². The molecule has 1 saturated carbocycles. The fourth-order valence-electron chi connectivity index (χ4n) is 4.82. The molecule has 110 valence electrons. The zero-order chi connectivity index (χ0) is 14.4. The van der Waals surface area contributed by atoms with Crippen LogP contribution in [0.15, 0.2) is 18.3 Å². The molecule has 1 atom stereocenters. The van der Waals surface area contributed by atoms with Crippen LogP contribution in [0.2, 0.25) is 0 Å². The standard InChI is InChI=1S/C18H28N2/c1-17(2)10-14(11-18(3,4)12-17)20-15-8-7-13-6-5-9-19-16(13)15/h5-6,9,14-15,20H,7-8,10-12H2,1-4H3. The largest absolute Gasteiger partial charge is 0.306 e. The summed E-state index contributed by atoms with van der Waals surface area (Å²) in [6.07, 6.45) is 8.24. The van der Waals surface area contributed by atoms with Crippen LogP contribution in [0.5, 0.6) is 0 Å². The summed E-state index contributed by atoms with van der Waals surface area (Å²) in [4.78, 5) is 4.62. The molecule has 1 N–H and O–H groups in total. The van der Waals surface area contributed by atoms with Gasteiger partial charge in [0.15, 0.2) is 0 Å². The number of nitrogens with one attached hydrogen (secondary N) is 1. The number of rotatable bonds is 2. The zero-order valence-electron chi connectivity index (χ0n) is 13.4. The Morgan fingerprint density at radius 3 is 2.55 bits per heavy atom. The normalized spacial score (nSPS) is 28.3. The summed E-state index contributed by atoms with van der Waals surface area (Å²) in [7, 11) is 0. The van der Waals surface area contributed by atoms with Crippen molar-refractivity contribution in [2.24, 2.45) is 10.8 Å². The maximum atomic E-state index is 4.62. The van der Waals surface area contributed by atoms with Crippen LogP contribution in [0.1, 0.15) is 70.7 Å². The van der Waals surface area contributed by atoms with Gasteiger partial charge in [-0.1, -0.05) is 33.8 Å². The van der Waals surface area contributed by atoms with E-state index in [0.29, 0.717) is 22.9 Å². The molecule has 0 amide bonds. The Morgan fingerprint density at radius 2 is 1.85 bits per heavy atom. The number of pyridine rings is 1. The van der Waals surface area contributed by atoms with Gasteiger partial charge in [-0.25, -0.2) is 0 Å². The van der Waals surface area contributed by atoms with Crippen LogP contribution in [0.4, 0.5) is 0 Å². The van der Waals surface area contributed by atoms with E-state index in [1.165, 1.54) is 43.4 Å². The molecule has 1 fully saturated rings. The van der Waals surface area contributed by atoms with E-state index in [1.54, 1.807) is 0 Å². The monoisotopic (exact) mass is 272 g/mol. The van der Waals surface area contributed by atoms with Crippen molar-refractivity contribution in [2.75, 3.05) is 0 Å². The molecule has 0 aliphatic heterocycles. The van der Waals surface area contributed by atoms with Crippen LogP contribution in [-0.2, 0) is 6.42 Å². The van der Waals surface area contributed by atoms with Crippen molar-refractivity contribution in [2.45, 2.75) is 71.9 Å². The van der Waals surface area contributed by atoms with Gasteiger partial charge in [0.25, 0.3) is 0 Å². The highest BCUT2D eigenvalue weighted by Gasteiger charge is 2.39. The zero-order valence-corrected chi connectivity index (χ0v) is 13.4. The molecule has 1 unspecified atom stereocenters. The van der Waals surface area contributed by atoms with Crippen molar-refractivity contribution in [3.8, 4) is 0 Å². The molecule has 1 aromatic rings. The Morgan fingerprint density at radius 1 is 1.15 bits per heavy atom. The Labute approximate surface area is 123 Å². The van der Waals surface area contributed by atoms with Crippen molar-refractivity contribution < 1.29 is 0 Å². The first kappa shape index (κ1) is 14.1. The molecule has 2 aliphatic rings. The molecule has 0 spiro atoms. The highest BCUT2D eigenvalue weighted by molar-refractivity contribution is 5.28. The Kier molecular flexibility index (Phi) is 3.40. The smallest absolute Gasteiger partial charge is 0.0605 e. The topological polar surface area (TPSA) is 24.9 Å². The van der Waals surface area contributed by atoms with Crippen molar-refractivity contribution in [1.82, 2.24) is 10.3 Å². The maximum absolute atomic E-state index is 4.62. The van der Waals surface area contributed by atoms with E-state index in [0.717, 1.165) is 0 Å². The fraction of sp³-hybridized carbons (Fsp3) is 0.722. The van der Waals surface area contributed by atoms with Crippen LogP contribution in [0.3, 0.4) is 0 Å². The molecule has 1 heterocycles. The number of aromatic nitrogens is 1. The van der Waals surface area contributed by atoms with E-state index in [4.69, 9.17) is 0 Å². The summed E-state index contributed by atoms with van der Waals surface area (Å²) in [6, 6.07) is 5.40. The Hall–Kier alpha value is -0.890. The summed E-state index contributed by atoms with van der Waals surface area (Å²) in [5.41, 5.74) is 3.64. The molecule has 2 heteroatoms. The molecule has 0 radical (unpaired) electrons. The first-order valence-corrected chi connectivity index (χ1v) is 8.05. The van der Waals surface area contributed by atoms with Gasteiger partial charge in [-0.05, 0) is 54.6 Å². The molecular formula is C18H28N2. The molecule has 0 saturated heterocycles. The van der Waals surface area contributed by atoms with E-state index in [-0.39, 0.29) is 0 Å². The lowest BCUT2D eigenvalue weighted by molar-refractivity contribution is 0.0800. The van der Waals surface area contributed by atoms with Crippen LogP contribution in [0.25, 0.3) is 0 Å². The molecule has 1 aromatic heterocycles. The van der Waals surface area contributed by atoms with Gasteiger partial charge in [-0.3, -0.25) is 4.98 Å². The summed E-state index contributed by atoms with van der Waals surface area (Å²) in [5, 5.41) is 3.92. The molecule has 2 nitrogen and oxygen atoms in total. The van der Waals surface area contributed by atoms with Crippen LogP contribution >= 0.6 is 0 Å². The van der Waals surface area contributed by atoms with Gasteiger partial charge in [-0.2, -0.15) is 0 Å². The van der Waals surface area contributed by atoms with Crippen molar-refractivity contribution in [3.05, 3.63) is 29.6 Å². The first-order valence-electron chi connectivity index (χ1n) is 8.05. The van der Waals surface area contributed by atoms with Gasteiger partial charge < -0.3 is 5.32 Å². The third-order valence-electron chi connectivity index (χ3n) is 4.95. The third-order valence-corrected chi connectivity index (χ3v) is 4.95. The van der Waals surface area contributed by atoms with E-state index < -0.39 is 0 Å². The summed E-state index contributed by atoms with van der Waals surface area (Å²) in [6.45, 7) is 9.68. The molecule has 3 rings (SSSR count). The predicted molar refractivity (Wildman–Crippen MR) is 83.6 cm³/mol. The van der Waals surface area contributed by atoms with Gasteiger partial charge in [0, 0.05) is 12.2 Å². The van der Waals surface area contributed by atoms with Crippen molar-refractivity contribution >= 4 is 0 Å². The van der Waals surface area contributed by atoms with Gasteiger partial charge >= 0.3 is 0 Å². The maximum Gasteiger partial charge on any atom is 0.0605 e. The fourth-order valence-corrected chi connectivity index (χ4v) is 4.82. The van der Waals surface area contributed by atoms with Gasteiger partial charge in [0.05, 0.1) is 11.7 Å². The second kappa shape index (κ2) is 4.84. The van der Waals surface area contributed by atoms with E-state index in [1.807, 2.05) is 6.20 Å². The van der Waals surface area contributed by atoms with E-state index >= 15 is 0 Å².